The summed E-state index contributed by atoms with van der Waals surface area (Å²) in [6, 6.07) is 6.83. The first-order valence-corrected chi connectivity index (χ1v) is 10.5. The minimum atomic E-state index is -3.76. The molecule has 9 heteroatoms. The normalized spacial score (nSPS) is 18.3. The van der Waals surface area contributed by atoms with Gasteiger partial charge >= 0.3 is 0 Å². The average Bonchev–Trinajstić information content (AvgIpc) is 3.12. The molecule has 1 saturated heterocycles. The van der Waals surface area contributed by atoms with E-state index in [-0.39, 0.29) is 37.0 Å². The SMILES string of the molecule is O=C(c1cc2n(n1)CCCC2)N1CCN(S(=O)(=O)c2cccc(F)c2)CC1. The number of benzene rings is 1. The summed E-state index contributed by atoms with van der Waals surface area (Å²) < 4.78 is 41.9. The lowest BCUT2D eigenvalue weighted by Gasteiger charge is -2.33. The Balaban J connectivity index is 1.44. The van der Waals surface area contributed by atoms with Crippen LogP contribution in [0.3, 0.4) is 0 Å². The molecule has 2 aliphatic heterocycles. The molecule has 1 aromatic heterocycles. The predicted molar refractivity (Wildman–Crippen MR) is 96.2 cm³/mol. The predicted octanol–water partition coefficient (Wildman–Crippen LogP) is 1.51. The molecule has 27 heavy (non-hydrogen) atoms. The first kappa shape index (κ1) is 18.1. The van der Waals surface area contributed by atoms with Crippen molar-refractivity contribution < 1.29 is 17.6 Å². The Kier molecular flexibility index (Phi) is 4.73. The summed E-state index contributed by atoms with van der Waals surface area (Å²) in [6.45, 7) is 1.77. The van der Waals surface area contributed by atoms with E-state index >= 15 is 0 Å². The van der Waals surface area contributed by atoms with Crippen LogP contribution in [0.5, 0.6) is 0 Å². The Morgan fingerprint density at radius 2 is 1.81 bits per heavy atom. The van der Waals surface area contributed by atoms with Gasteiger partial charge in [-0.1, -0.05) is 6.07 Å². The highest BCUT2D eigenvalue weighted by Crippen LogP contribution is 2.20. The maximum absolute atomic E-state index is 13.4. The van der Waals surface area contributed by atoms with Crippen LogP contribution in [0, 0.1) is 5.82 Å². The van der Waals surface area contributed by atoms with Gasteiger partial charge in [0.05, 0.1) is 4.90 Å². The highest BCUT2D eigenvalue weighted by molar-refractivity contribution is 7.89. The first-order valence-electron chi connectivity index (χ1n) is 9.07. The molecule has 1 amide bonds. The number of piperazine rings is 1. The monoisotopic (exact) mass is 392 g/mol. The summed E-state index contributed by atoms with van der Waals surface area (Å²) >= 11 is 0. The second kappa shape index (κ2) is 7.05. The van der Waals surface area contributed by atoms with Crippen LogP contribution in [0.1, 0.15) is 29.0 Å². The maximum atomic E-state index is 13.4. The van der Waals surface area contributed by atoms with E-state index in [2.05, 4.69) is 5.10 Å². The zero-order valence-electron chi connectivity index (χ0n) is 14.8. The Hall–Kier alpha value is -2.26. The number of aryl methyl sites for hydroxylation is 2. The van der Waals surface area contributed by atoms with Gasteiger partial charge in [-0.3, -0.25) is 9.48 Å². The standard InChI is InChI=1S/C18H21FN4O3S/c19-14-4-3-6-16(12-14)27(25,26)22-10-8-21(9-11-22)18(24)17-13-15-5-1-2-7-23(15)20-17/h3-4,6,12-13H,1-2,5,7-11H2. The van der Waals surface area contributed by atoms with Crippen molar-refractivity contribution in [2.45, 2.75) is 30.7 Å². The Morgan fingerprint density at radius 1 is 1.04 bits per heavy atom. The average molecular weight is 392 g/mol. The van der Waals surface area contributed by atoms with E-state index < -0.39 is 15.8 Å². The zero-order valence-corrected chi connectivity index (χ0v) is 15.7. The molecule has 0 atom stereocenters. The van der Waals surface area contributed by atoms with Crippen LogP contribution in [0.25, 0.3) is 0 Å². The minimum absolute atomic E-state index is 0.0657. The third kappa shape index (κ3) is 3.49. The van der Waals surface area contributed by atoms with Crippen molar-refractivity contribution in [3.63, 3.8) is 0 Å². The molecule has 0 aliphatic carbocycles. The lowest BCUT2D eigenvalue weighted by molar-refractivity contribution is 0.0691. The molecule has 3 heterocycles. The van der Waals surface area contributed by atoms with E-state index in [1.54, 1.807) is 4.90 Å². The fraction of sp³-hybridized carbons (Fsp3) is 0.444. The molecule has 1 aromatic carbocycles. The molecule has 2 aliphatic rings. The highest BCUT2D eigenvalue weighted by atomic mass is 32.2. The smallest absolute Gasteiger partial charge is 0.274 e. The van der Waals surface area contributed by atoms with Crippen LogP contribution in [0.2, 0.25) is 0 Å². The molecular weight excluding hydrogens is 371 g/mol. The number of nitrogens with zero attached hydrogens (tertiary/aromatic N) is 4. The molecular formula is C18H21FN4O3S. The molecule has 2 aromatic rings. The molecule has 4 rings (SSSR count). The van der Waals surface area contributed by atoms with Gasteiger partial charge in [0.1, 0.15) is 5.82 Å². The lowest BCUT2D eigenvalue weighted by atomic mass is 10.1. The van der Waals surface area contributed by atoms with Gasteiger partial charge in [0, 0.05) is 38.4 Å². The third-order valence-electron chi connectivity index (χ3n) is 5.09. The number of rotatable bonds is 3. The van der Waals surface area contributed by atoms with Gasteiger partial charge < -0.3 is 4.90 Å². The van der Waals surface area contributed by atoms with Crippen LogP contribution in [0.4, 0.5) is 4.39 Å². The van der Waals surface area contributed by atoms with E-state index in [1.807, 2.05) is 10.7 Å². The second-order valence-corrected chi connectivity index (χ2v) is 8.79. The molecule has 0 unspecified atom stereocenters. The van der Waals surface area contributed by atoms with Gasteiger partial charge in [-0.15, -0.1) is 0 Å². The van der Waals surface area contributed by atoms with E-state index in [0.717, 1.165) is 37.6 Å². The van der Waals surface area contributed by atoms with Gasteiger partial charge in [0.2, 0.25) is 10.0 Å². The Morgan fingerprint density at radius 3 is 2.52 bits per heavy atom. The highest BCUT2D eigenvalue weighted by Gasteiger charge is 2.31. The van der Waals surface area contributed by atoms with Gasteiger partial charge in [-0.2, -0.15) is 9.40 Å². The maximum Gasteiger partial charge on any atom is 0.274 e. The van der Waals surface area contributed by atoms with Gasteiger partial charge in [-0.05, 0) is 43.5 Å². The van der Waals surface area contributed by atoms with Crippen molar-refractivity contribution in [1.29, 1.82) is 0 Å². The zero-order chi connectivity index (χ0) is 19.0. The van der Waals surface area contributed by atoms with Crippen LogP contribution in [-0.2, 0) is 23.0 Å². The Labute approximate surface area is 157 Å². The van der Waals surface area contributed by atoms with Crippen LogP contribution in [-0.4, -0.2) is 59.5 Å². The number of carbonyl (C=O) groups excluding carboxylic acids is 1. The van der Waals surface area contributed by atoms with Crippen molar-refractivity contribution in [1.82, 2.24) is 19.0 Å². The molecule has 1 fully saturated rings. The number of aromatic nitrogens is 2. The summed E-state index contributed by atoms with van der Waals surface area (Å²) in [4.78, 5) is 14.3. The van der Waals surface area contributed by atoms with Gasteiger partial charge in [-0.25, -0.2) is 12.8 Å². The lowest BCUT2D eigenvalue weighted by Crippen LogP contribution is -2.50. The van der Waals surface area contributed by atoms with Crippen molar-refractivity contribution in [2.75, 3.05) is 26.2 Å². The van der Waals surface area contributed by atoms with Gasteiger partial charge in [0.25, 0.3) is 5.91 Å². The fourth-order valence-corrected chi connectivity index (χ4v) is 5.05. The van der Waals surface area contributed by atoms with Crippen LogP contribution >= 0.6 is 0 Å². The van der Waals surface area contributed by atoms with Gasteiger partial charge in [0.15, 0.2) is 5.69 Å². The quantitative estimate of drug-likeness (QED) is 0.793. The molecule has 7 nitrogen and oxygen atoms in total. The minimum Gasteiger partial charge on any atom is -0.335 e. The van der Waals surface area contributed by atoms with Crippen molar-refractivity contribution in [3.05, 3.63) is 47.5 Å². The molecule has 0 bridgehead atoms. The van der Waals surface area contributed by atoms with Crippen molar-refractivity contribution in [2.24, 2.45) is 0 Å². The summed E-state index contributed by atoms with van der Waals surface area (Å²) in [5, 5.41) is 4.40. The molecule has 144 valence electrons. The molecule has 0 spiro atoms. The van der Waals surface area contributed by atoms with Crippen molar-refractivity contribution in [3.8, 4) is 0 Å². The van der Waals surface area contributed by atoms with Crippen molar-refractivity contribution >= 4 is 15.9 Å². The number of sulfonamides is 1. The third-order valence-corrected chi connectivity index (χ3v) is 6.99. The summed E-state index contributed by atoms with van der Waals surface area (Å²) in [6.07, 6.45) is 3.11. The molecule has 0 N–H and O–H groups in total. The van der Waals surface area contributed by atoms with E-state index in [1.165, 1.54) is 22.5 Å². The largest absolute Gasteiger partial charge is 0.335 e. The number of halogens is 1. The number of amides is 1. The number of carbonyl (C=O) groups is 1. The topological polar surface area (TPSA) is 75.5 Å². The summed E-state index contributed by atoms with van der Waals surface area (Å²) in [5.74, 6) is -0.756. The Bertz CT molecular complexity index is 941. The fourth-order valence-electron chi connectivity index (χ4n) is 3.59. The van der Waals surface area contributed by atoms with E-state index in [4.69, 9.17) is 0 Å². The van der Waals surface area contributed by atoms with E-state index in [0.29, 0.717) is 5.69 Å². The molecule has 0 saturated carbocycles. The number of hydrogen-bond acceptors (Lipinski definition) is 4. The summed E-state index contributed by atoms with van der Waals surface area (Å²) in [5.41, 5.74) is 1.50. The second-order valence-electron chi connectivity index (χ2n) is 6.85. The summed E-state index contributed by atoms with van der Waals surface area (Å²) in [7, 11) is -3.76. The number of fused-ring (bicyclic) bond motifs is 1. The first-order chi connectivity index (χ1) is 12.9. The van der Waals surface area contributed by atoms with Crippen LogP contribution < -0.4 is 0 Å². The van der Waals surface area contributed by atoms with E-state index in [9.17, 15) is 17.6 Å². The van der Waals surface area contributed by atoms with Crippen LogP contribution in [0.15, 0.2) is 35.2 Å². The number of hydrogen-bond donors (Lipinski definition) is 0. The molecule has 0 radical (unpaired) electrons.